The molecule has 6 nitrogen and oxygen atoms in total. The maximum Gasteiger partial charge on any atom is 0.262 e. The van der Waals surface area contributed by atoms with Crippen molar-refractivity contribution in [2.45, 2.75) is 19.8 Å². The number of rotatable bonds is 7. The normalized spacial score (nSPS) is 14.6. The molecule has 30 heavy (non-hydrogen) atoms. The van der Waals surface area contributed by atoms with Crippen molar-refractivity contribution >= 4 is 23.6 Å². The van der Waals surface area contributed by atoms with Gasteiger partial charge in [-0.15, -0.1) is 0 Å². The van der Waals surface area contributed by atoms with Crippen LogP contribution in [-0.2, 0) is 16.0 Å². The molecule has 0 radical (unpaired) electrons. The van der Waals surface area contributed by atoms with E-state index in [1.165, 1.54) is 22.2 Å². The van der Waals surface area contributed by atoms with E-state index in [0.717, 1.165) is 44.7 Å². The maximum atomic E-state index is 12.0. The Balaban J connectivity index is 1.32. The molecule has 1 aliphatic heterocycles. The van der Waals surface area contributed by atoms with Crippen LogP contribution in [0.4, 0.5) is 5.69 Å². The van der Waals surface area contributed by atoms with E-state index in [9.17, 15) is 9.59 Å². The summed E-state index contributed by atoms with van der Waals surface area (Å²) >= 11 is 0. The van der Waals surface area contributed by atoms with Gasteiger partial charge in [-0.25, -0.2) is 0 Å². The van der Waals surface area contributed by atoms with E-state index in [0.29, 0.717) is 6.42 Å². The topological polar surface area (TPSA) is 65.9 Å². The average molecular weight is 408 g/mol. The number of anilines is 1. The van der Waals surface area contributed by atoms with Crippen molar-refractivity contribution in [3.05, 3.63) is 71.8 Å². The summed E-state index contributed by atoms with van der Waals surface area (Å²) in [4.78, 5) is 27.7. The molecule has 1 saturated heterocycles. The molecule has 0 atom stereocenters. The summed E-state index contributed by atoms with van der Waals surface area (Å²) < 4.78 is 0. The molecule has 0 aliphatic carbocycles. The van der Waals surface area contributed by atoms with E-state index in [1.807, 2.05) is 30.3 Å². The average Bonchev–Trinajstić information content (AvgIpc) is 2.81. The predicted molar refractivity (Wildman–Crippen MR) is 120 cm³/mol. The Labute approximate surface area is 178 Å². The summed E-state index contributed by atoms with van der Waals surface area (Å²) in [6, 6.07) is 18.5. The lowest BCUT2D eigenvalue weighted by Gasteiger charge is -2.33. The fourth-order valence-electron chi connectivity index (χ4n) is 3.53. The highest BCUT2D eigenvalue weighted by atomic mass is 16.2. The summed E-state index contributed by atoms with van der Waals surface area (Å²) in [7, 11) is 0. The van der Waals surface area contributed by atoms with Crippen LogP contribution in [0.1, 0.15) is 24.5 Å². The number of quaternary nitrogens is 1. The third-order valence-corrected chi connectivity index (χ3v) is 5.44. The Morgan fingerprint density at radius 3 is 2.37 bits per heavy atom. The van der Waals surface area contributed by atoms with Crippen LogP contribution in [0, 0.1) is 0 Å². The van der Waals surface area contributed by atoms with Crippen molar-refractivity contribution in [2.75, 3.05) is 37.6 Å². The Bertz CT molecular complexity index is 841. The van der Waals surface area contributed by atoms with Crippen LogP contribution in [0.25, 0.3) is 6.08 Å². The van der Waals surface area contributed by atoms with Crippen LogP contribution in [0.2, 0.25) is 0 Å². The fraction of sp³-hybridized carbons (Fsp3) is 0.333. The minimum absolute atomic E-state index is 0.165. The highest BCUT2D eigenvalue weighted by Crippen LogP contribution is 2.12. The number of hydrazine groups is 1. The smallest absolute Gasteiger partial charge is 0.262 e. The number of nitrogens with zero attached hydrogens (tertiary/aromatic N) is 1. The van der Waals surface area contributed by atoms with Crippen molar-refractivity contribution in [3.63, 3.8) is 0 Å². The third kappa shape index (κ3) is 6.74. The van der Waals surface area contributed by atoms with E-state index in [4.69, 9.17) is 0 Å². The summed E-state index contributed by atoms with van der Waals surface area (Å²) in [5, 5.41) is 0. The molecule has 1 aliphatic rings. The molecule has 1 heterocycles. The van der Waals surface area contributed by atoms with Gasteiger partial charge in [-0.3, -0.25) is 20.4 Å². The number of amides is 2. The summed E-state index contributed by atoms with van der Waals surface area (Å²) in [5.74, 6) is -0.506. The molecule has 0 saturated carbocycles. The maximum absolute atomic E-state index is 12.0. The van der Waals surface area contributed by atoms with Gasteiger partial charge in [-0.05, 0) is 35.8 Å². The molecule has 1 fully saturated rings. The molecule has 0 spiro atoms. The zero-order valence-electron chi connectivity index (χ0n) is 17.6. The first kappa shape index (κ1) is 21.6. The number of carbonyl (C=O) groups excluding carboxylic acids is 2. The minimum atomic E-state index is -0.341. The molecule has 2 amide bonds. The Morgan fingerprint density at radius 2 is 1.70 bits per heavy atom. The largest absolute Gasteiger partial charge is 0.360 e. The second-order valence-corrected chi connectivity index (χ2v) is 7.54. The van der Waals surface area contributed by atoms with Gasteiger partial charge in [-0.2, -0.15) is 0 Å². The lowest BCUT2D eigenvalue weighted by molar-refractivity contribution is -0.900. The Morgan fingerprint density at radius 1 is 1.00 bits per heavy atom. The molecule has 2 aromatic carbocycles. The minimum Gasteiger partial charge on any atom is -0.360 e. The monoisotopic (exact) mass is 407 g/mol. The van der Waals surface area contributed by atoms with Gasteiger partial charge in [0.05, 0.1) is 39.1 Å². The van der Waals surface area contributed by atoms with Crippen LogP contribution in [0.15, 0.2) is 60.7 Å². The van der Waals surface area contributed by atoms with Gasteiger partial charge in [0.2, 0.25) is 5.91 Å². The second kappa shape index (κ2) is 11.2. The van der Waals surface area contributed by atoms with Crippen LogP contribution in [0.3, 0.4) is 0 Å². The number of carbonyl (C=O) groups is 2. The number of hydrogen-bond donors (Lipinski definition) is 3. The van der Waals surface area contributed by atoms with Gasteiger partial charge in [0, 0.05) is 11.8 Å². The standard InChI is InChI=1S/C24H30N4O2/c1-2-20-8-10-21(11-9-20)12-13-23(29)25-26-24(30)14-15-27-16-18-28(19-17-27)22-6-4-3-5-7-22/h3-13H,2,14-19H2,1H3,(H,25,29)(H,26,30)/p+1/b13-12+. The summed E-state index contributed by atoms with van der Waals surface area (Å²) in [5.41, 5.74) is 8.41. The molecular formula is C24H31N4O2+. The van der Waals surface area contributed by atoms with Crippen molar-refractivity contribution in [2.24, 2.45) is 0 Å². The number of piperazine rings is 1. The fourth-order valence-corrected chi connectivity index (χ4v) is 3.53. The number of para-hydroxylation sites is 1. The van der Waals surface area contributed by atoms with Gasteiger partial charge >= 0.3 is 0 Å². The third-order valence-electron chi connectivity index (χ3n) is 5.44. The SMILES string of the molecule is CCc1ccc(/C=C/C(=O)NNC(=O)CC[NH+]2CCN(c3ccccc3)CC2)cc1. The van der Waals surface area contributed by atoms with Crippen LogP contribution >= 0.6 is 0 Å². The van der Waals surface area contributed by atoms with Crippen molar-refractivity contribution in [1.82, 2.24) is 10.9 Å². The highest BCUT2D eigenvalue weighted by Gasteiger charge is 2.20. The molecule has 3 N–H and O–H groups in total. The first-order chi connectivity index (χ1) is 14.6. The highest BCUT2D eigenvalue weighted by molar-refractivity contribution is 5.93. The van der Waals surface area contributed by atoms with Gasteiger partial charge in [-0.1, -0.05) is 49.4 Å². The van der Waals surface area contributed by atoms with E-state index < -0.39 is 0 Å². The first-order valence-electron chi connectivity index (χ1n) is 10.6. The molecular weight excluding hydrogens is 376 g/mol. The van der Waals surface area contributed by atoms with Gasteiger partial charge < -0.3 is 9.80 Å². The number of aryl methyl sites for hydroxylation is 1. The van der Waals surface area contributed by atoms with E-state index in [-0.39, 0.29) is 11.8 Å². The quantitative estimate of drug-likeness (QED) is 0.477. The predicted octanol–water partition coefficient (Wildman–Crippen LogP) is 1.20. The summed E-state index contributed by atoms with van der Waals surface area (Å²) in [6.45, 7) is 6.86. The second-order valence-electron chi connectivity index (χ2n) is 7.54. The summed E-state index contributed by atoms with van der Waals surface area (Å²) in [6.07, 6.45) is 4.54. The van der Waals surface area contributed by atoms with Gasteiger partial charge in [0.15, 0.2) is 0 Å². The van der Waals surface area contributed by atoms with Gasteiger partial charge in [0.25, 0.3) is 5.91 Å². The van der Waals surface area contributed by atoms with Crippen LogP contribution in [-0.4, -0.2) is 44.5 Å². The number of hydrogen-bond acceptors (Lipinski definition) is 3. The zero-order valence-corrected chi connectivity index (χ0v) is 17.6. The lowest BCUT2D eigenvalue weighted by Crippen LogP contribution is -3.15. The number of nitrogens with one attached hydrogen (secondary N) is 3. The number of benzene rings is 2. The molecule has 0 bridgehead atoms. The van der Waals surface area contributed by atoms with Crippen LogP contribution in [0.5, 0.6) is 0 Å². The lowest BCUT2D eigenvalue weighted by atomic mass is 10.1. The van der Waals surface area contributed by atoms with Crippen molar-refractivity contribution in [3.8, 4) is 0 Å². The Hall–Kier alpha value is -3.12. The molecule has 0 aromatic heterocycles. The first-order valence-corrected chi connectivity index (χ1v) is 10.6. The van der Waals surface area contributed by atoms with Crippen LogP contribution < -0.4 is 20.7 Å². The Kier molecular flexibility index (Phi) is 8.03. The molecule has 6 heteroatoms. The molecule has 158 valence electrons. The van der Waals surface area contributed by atoms with E-state index >= 15 is 0 Å². The van der Waals surface area contributed by atoms with Crippen molar-refractivity contribution < 1.29 is 14.5 Å². The molecule has 0 unspecified atom stereocenters. The van der Waals surface area contributed by atoms with E-state index in [2.05, 4.69) is 46.9 Å². The molecule has 2 aromatic rings. The zero-order chi connectivity index (χ0) is 21.2. The van der Waals surface area contributed by atoms with E-state index in [1.54, 1.807) is 6.08 Å². The van der Waals surface area contributed by atoms with Gasteiger partial charge in [0.1, 0.15) is 0 Å². The van der Waals surface area contributed by atoms with Crippen molar-refractivity contribution in [1.29, 1.82) is 0 Å². The molecule has 3 rings (SSSR count).